The Bertz CT molecular complexity index is 712. The number of nitrogens with one attached hydrogen (secondary N) is 1. The average molecular weight is 412 g/mol. The van der Waals surface area contributed by atoms with E-state index in [1.165, 1.54) is 11.1 Å². The largest absolute Gasteiger partial charge is 0.369 e. The lowest BCUT2D eigenvalue weighted by molar-refractivity contribution is -0.123. The molecule has 2 aliphatic rings. The fourth-order valence-electron chi connectivity index (χ4n) is 4.37. The lowest BCUT2D eigenvalue weighted by Gasteiger charge is -2.32. The molecule has 1 amide bonds. The number of amides is 1. The minimum absolute atomic E-state index is 0.0823. The highest BCUT2D eigenvalue weighted by Crippen LogP contribution is 2.20. The predicted octanol–water partition coefficient (Wildman–Crippen LogP) is 2.72. The van der Waals surface area contributed by atoms with Gasteiger partial charge >= 0.3 is 0 Å². The molecule has 2 saturated heterocycles. The summed E-state index contributed by atoms with van der Waals surface area (Å²) in [6, 6.07) is 10.6. The maximum Gasteiger partial charge on any atom is 0.220 e. The minimum Gasteiger partial charge on any atom is -0.369 e. The molecule has 3 N–H and O–H groups in total. The van der Waals surface area contributed by atoms with Crippen molar-refractivity contribution in [3.63, 3.8) is 0 Å². The maximum absolute atomic E-state index is 11.3. The van der Waals surface area contributed by atoms with Gasteiger partial charge in [-0.05, 0) is 63.7 Å². The molecule has 1 aromatic rings. The highest BCUT2D eigenvalue weighted by atomic mass is 16.1. The van der Waals surface area contributed by atoms with Crippen LogP contribution in [0.3, 0.4) is 0 Å². The number of nitrogens with zero attached hydrogens (tertiary/aromatic N) is 3. The van der Waals surface area contributed by atoms with Gasteiger partial charge in [0.2, 0.25) is 5.91 Å². The Labute approximate surface area is 181 Å². The van der Waals surface area contributed by atoms with Crippen LogP contribution in [0.15, 0.2) is 40.9 Å². The molecule has 0 radical (unpaired) electrons. The van der Waals surface area contributed by atoms with Gasteiger partial charge in [-0.25, -0.2) is 0 Å². The van der Waals surface area contributed by atoms with Gasteiger partial charge in [0.25, 0.3) is 0 Å². The first-order valence-electron chi connectivity index (χ1n) is 11.4. The second kappa shape index (κ2) is 11.7. The summed E-state index contributed by atoms with van der Waals surface area (Å²) in [6.07, 6.45) is 8.64. The number of hydrogen-bond donors (Lipinski definition) is 2. The zero-order valence-corrected chi connectivity index (χ0v) is 18.4. The lowest BCUT2D eigenvalue weighted by atomic mass is 9.96. The molecule has 30 heavy (non-hydrogen) atoms. The molecule has 0 spiro atoms. The number of guanidine groups is 1. The standard InChI is InChI=1S/C24H37N5O/c1-26-24(27-13-5-6-14-28-15-11-22(12-16-28)23(25)30)29-17-9-21(10-18-29)19-20-7-3-2-4-8-20/h2-4,7-8,19,22H,5-6,9-18H2,1H3,(H2,25,30)(H,26,27). The van der Waals surface area contributed by atoms with Crippen molar-refractivity contribution in [1.82, 2.24) is 15.1 Å². The number of benzene rings is 1. The van der Waals surface area contributed by atoms with Crippen LogP contribution in [0, 0.1) is 5.92 Å². The average Bonchev–Trinajstić information content (AvgIpc) is 2.78. The van der Waals surface area contributed by atoms with Gasteiger partial charge in [-0.1, -0.05) is 42.0 Å². The number of likely N-dealkylation sites (tertiary alicyclic amines) is 2. The van der Waals surface area contributed by atoms with Crippen molar-refractivity contribution < 1.29 is 4.79 Å². The SMILES string of the molecule is CN=C(NCCCCN1CCC(C(N)=O)CC1)N1CCC(=Cc2ccccc2)CC1. The van der Waals surface area contributed by atoms with Crippen molar-refractivity contribution in [2.75, 3.05) is 46.3 Å². The molecule has 1 aromatic carbocycles. The Balaban J connectivity index is 1.31. The van der Waals surface area contributed by atoms with Crippen LogP contribution in [0.4, 0.5) is 0 Å². The fourth-order valence-corrected chi connectivity index (χ4v) is 4.37. The first-order valence-corrected chi connectivity index (χ1v) is 11.4. The minimum atomic E-state index is -0.134. The highest BCUT2D eigenvalue weighted by molar-refractivity contribution is 5.80. The quantitative estimate of drug-likeness (QED) is 0.411. The molecule has 6 nitrogen and oxygen atoms in total. The van der Waals surface area contributed by atoms with Gasteiger partial charge in [0.1, 0.15) is 0 Å². The normalized spacial score (nSPS) is 19.0. The molecular formula is C24H37N5O. The van der Waals surface area contributed by atoms with E-state index < -0.39 is 0 Å². The summed E-state index contributed by atoms with van der Waals surface area (Å²) in [5.41, 5.74) is 8.23. The van der Waals surface area contributed by atoms with Crippen molar-refractivity contribution in [1.29, 1.82) is 0 Å². The van der Waals surface area contributed by atoms with Crippen LogP contribution in [0.5, 0.6) is 0 Å². The zero-order chi connectivity index (χ0) is 21.2. The van der Waals surface area contributed by atoms with Crippen molar-refractivity contribution in [3.8, 4) is 0 Å². The van der Waals surface area contributed by atoms with Crippen LogP contribution in [0.2, 0.25) is 0 Å². The van der Waals surface area contributed by atoms with E-state index in [0.29, 0.717) is 0 Å². The molecule has 0 bridgehead atoms. The van der Waals surface area contributed by atoms with E-state index in [1.807, 2.05) is 7.05 Å². The number of aliphatic imine (C=N–C) groups is 1. The summed E-state index contributed by atoms with van der Waals surface area (Å²) >= 11 is 0. The van der Waals surface area contributed by atoms with Crippen molar-refractivity contribution in [3.05, 3.63) is 41.5 Å². The van der Waals surface area contributed by atoms with Crippen molar-refractivity contribution in [2.24, 2.45) is 16.6 Å². The van der Waals surface area contributed by atoms with Gasteiger partial charge in [-0.3, -0.25) is 9.79 Å². The molecule has 2 heterocycles. The van der Waals surface area contributed by atoms with Crippen LogP contribution in [0.1, 0.15) is 44.1 Å². The van der Waals surface area contributed by atoms with Gasteiger partial charge in [0.15, 0.2) is 5.96 Å². The molecule has 3 rings (SSSR count). The summed E-state index contributed by atoms with van der Waals surface area (Å²) in [5, 5.41) is 3.54. The molecule has 0 aromatic heterocycles. The third kappa shape index (κ3) is 6.87. The number of piperidine rings is 2. The zero-order valence-electron chi connectivity index (χ0n) is 18.4. The molecular weight excluding hydrogens is 374 g/mol. The highest BCUT2D eigenvalue weighted by Gasteiger charge is 2.22. The second-order valence-corrected chi connectivity index (χ2v) is 8.40. The molecule has 2 aliphatic heterocycles. The Morgan fingerprint density at radius 1 is 1.13 bits per heavy atom. The third-order valence-corrected chi connectivity index (χ3v) is 6.26. The number of unbranched alkanes of at least 4 members (excludes halogenated alkanes) is 1. The van der Waals surface area contributed by atoms with Gasteiger partial charge in [0.05, 0.1) is 0 Å². The van der Waals surface area contributed by atoms with E-state index >= 15 is 0 Å². The molecule has 0 saturated carbocycles. The number of carbonyl (C=O) groups excluding carboxylic acids is 1. The van der Waals surface area contributed by atoms with Gasteiger partial charge in [0, 0.05) is 32.6 Å². The summed E-state index contributed by atoms with van der Waals surface area (Å²) < 4.78 is 0. The molecule has 0 unspecified atom stereocenters. The Kier molecular flexibility index (Phi) is 8.75. The topological polar surface area (TPSA) is 74.0 Å². The van der Waals surface area contributed by atoms with E-state index in [4.69, 9.17) is 5.73 Å². The maximum atomic E-state index is 11.3. The van der Waals surface area contributed by atoms with Crippen LogP contribution < -0.4 is 11.1 Å². The van der Waals surface area contributed by atoms with Crippen molar-refractivity contribution in [2.45, 2.75) is 38.5 Å². The Hall–Kier alpha value is -2.34. The summed E-state index contributed by atoms with van der Waals surface area (Å²) in [5.74, 6) is 0.973. The molecule has 0 aliphatic carbocycles. The van der Waals surface area contributed by atoms with E-state index in [0.717, 1.165) is 83.8 Å². The molecule has 0 atom stereocenters. The van der Waals surface area contributed by atoms with Crippen LogP contribution in [-0.4, -0.2) is 68.0 Å². The Morgan fingerprint density at radius 2 is 1.83 bits per heavy atom. The van der Waals surface area contributed by atoms with Crippen molar-refractivity contribution >= 4 is 17.9 Å². The first kappa shape index (κ1) is 22.3. The molecule has 164 valence electrons. The van der Waals surface area contributed by atoms with E-state index in [1.54, 1.807) is 0 Å². The molecule has 2 fully saturated rings. The van der Waals surface area contributed by atoms with Gasteiger partial charge < -0.3 is 20.9 Å². The Morgan fingerprint density at radius 3 is 2.47 bits per heavy atom. The van der Waals surface area contributed by atoms with Crippen LogP contribution in [0.25, 0.3) is 6.08 Å². The smallest absolute Gasteiger partial charge is 0.220 e. The third-order valence-electron chi connectivity index (χ3n) is 6.26. The molecule has 6 heteroatoms. The van der Waals surface area contributed by atoms with E-state index in [-0.39, 0.29) is 11.8 Å². The first-order chi connectivity index (χ1) is 14.7. The number of hydrogen-bond acceptors (Lipinski definition) is 3. The number of nitrogens with two attached hydrogens (primary N) is 1. The lowest BCUT2D eigenvalue weighted by Crippen LogP contribution is -2.44. The summed E-state index contributed by atoms with van der Waals surface area (Å²) in [4.78, 5) is 20.6. The van der Waals surface area contributed by atoms with Gasteiger partial charge in [-0.15, -0.1) is 0 Å². The second-order valence-electron chi connectivity index (χ2n) is 8.40. The predicted molar refractivity (Wildman–Crippen MR) is 124 cm³/mol. The number of rotatable bonds is 7. The number of carbonyl (C=O) groups is 1. The van der Waals surface area contributed by atoms with E-state index in [9.17, 15) is 4.79 Å². The van der Waals surface area contributed by atoms with Crippen LogP contribution >= 0.6 is 0 Å². The fraction of sp³-hybridized carbons (Fsp3) is 0.583. The monoisotopic (exact) mass is 411 g/mol. The summed E-state index contributed by atoms with van der Waals surface area (Å²) in [7, 11) is 1.88. The summed E-state index contributed by atoms with van der Waals surface area (Å²) in [6.45, 7) is 6.08. The van der Waals surface area contributed by atoms with E-state index in [2.05, 4.69) is 56.5 Å². The van der Waals surface area contributed by atoms with Crippen LogP contribution in [-0.2, 0) is 4.79 Å². The number of primary amides is 1. The van der Waals surface area contributed by atoms with Gasteiger partial charge in [-0.2, -0.15) is 0 Å².